The maximum Gasteiger partial charge on any atom is 0.221 e. The van der Waals surface area contributed by atoms with Crippen LogP contribution in [0, 0.1) is 6.92 Å². The summed E-state index contributed by atoms with van der Waals surface area (Å²) in [5.41, 5.74) is 3.36. The lowest BCUT2D eigenvalue weighted by Crippen LogP contribution is -2.25. The minimum absolute atomic E-state index is 0.0926. The number of hydrogen-bond donors (Lipinski definition) is 2. The molecule has 3 aromatic rings. The van der Waals surface area contributed by atoms with Gasteiger partial charge in [-0.2, -0.15) is 0 Å². The first kappa shape index (κ1) is 20.0. The Bertz CT molecular complexity index is 990. The molecule has 0 aliphatic heterocycles. The van der Waals surface area contributed by atoms with Crippen molar-refractivity contribution >= 4 is 39.6 Å². The standard InChI is InChI=1S/C21H25N5OS/c1-4-25(5-2)14-26-18-9-7-6-8-17(18)19(20(26)27)23-24-21(28)22-16-12-10-15(3)11-13-16/h6-13,27H,4-5,14H2,1-3H3,(H,22,28). The third kappa shape index (κ3) is 4.37. The number of nitrogens with zero attached hydrogens (tertiary/aromatic N) is 4. The van der Waals surface area contributed by atoms with Crippen LogP contribution in [0.2, 0.25) is 0 Å². The van der Waals surface area contributed by atoms with Gasteiger partial charge in [0.15, 0.2) is 5.69 Å². The molecule has 28 heavy (non-hydrogen) atoms. The molecule has 1 aromatic heterocycles. The Morgan fingerprint density at radius 3 is 2.46 bits per heavy atom. The van der Waals surface area contributed by atoms with Gasteiger partial charge in [-0.05, 0) is 50.4 Å². The molecule has 0 aliphatic carbocycles. The molecule has 0 fully saturated rings. The molecule has 0 bridgehead atoms. The number of benzene rings is 2. The highest BCUT2D eigenvalue weighted by Crippen LogP contribution is 2.38. The highest BCUT2D eigenvalue weighted by Gasteiger charge is 2.17. The molecule has 0 atom stereocenters. The fourth-order valence-electron chi connectivity index (χ4n) is 3.02. The van der Waals surface area contributed by atoms with Gasteiger partial charge >= 0.3 is 0 Å². The molecule has 0 spiro atoms. The van der Waals surface area contributed by atoms with E-state index >= 15 is 0 Å². The van der Waals surface area contributed by atoms with Crippen molar-refractivity contribution in [2.75, 3.05) is 18.4 Å². The summed E-state index contributed by atoms with van der Waals surface area (Å²) in [6.45, 7) is 8.59. The van der Waals surface area contributed by atoms with Crippen molar-refractivity contribution in [3.05, 3.63) is 54.1 Å². The minimum atomic E-state index is 0.0926. The fourth-order valence-corrected chi connectivity index (χ4v) is 3.18. The monoisotopic (exact) mass is 395 g/mol. The summed E-state index contributed by atoms with van der Waals surface area (Å²) in [6.07, 6.45) is 0. The van der Waals surface area contributed by atoms with E-state index in [0.29, 0.717) is 12.4 Å². The second-order valence-electron chi connectivity index (χ2n) is 6.56. The van der Waals surface area contributed by atoms with Crippen LogP contribution in [-0.2, 0) is 6.67 Å². The van der Waals surface area contributed by atoms with Crippen molar-refractivity contribution in [2.24, 2.45) is 10.2 Å². The van der Waals surface area contributed by atoms with Gasteiger partial charge in [-0.25, -0.2) is 0 Å². The van der Waals surface area contributed by atoms with E-state index in [2.05, 4.69) is 34.3 Å². The molecule has 1 heterocycles. The van der Waals surface area contributed by atoms with Gasteiger partial charge < -0.3 is 10.4 Å². The maximum absolute atomic E-state index is 10.8. The normalized spacial score (nSPS) is 11.6. The molecule has 3 rings (SSSR count). The van der Waals surface area contributed by atoms with E-state index in [1.54, 1.807) is 0 Å². The molecule has 0 saturated carbocycles. The average molecular weight is 396 g/mol. The minimum Gasteiger partial charge on any atom is -0.493 e. The van der Waals surface area contributed by atoms with Crippen molar-refractivity contribution in [1.29, 1.82) is 0 Å². The Labute approximate surface area is 170 Å². The Morgan fingerprint density at radius 1 is 1.11 bits per heavy atom. The van der Waals surface area contributed by atoms with Gasteiger partial charge in [0.05, 0.1) is 12.2 Å². The van der Waals surface area contributed by atoms with E-state index < -0.39 is 0 Å². The van der Waals surface area contributed by atoms with Crippen LogP contribution in [0.3, 0.4) is 0 Å². The molecule has 146 valence electrons. The second-order valence-corrected chi connectivity index (χ2v) is 6.94. The van der Waals surface area contributed by atoms with Gasteiger partial charge in [0.25, 0.3) is 0 Å². The number of anilines is 1. The number of aryl methyl sites for hydroxylation is 1. The number of hydrogen-bond acceptors (Lipinski definition) is 4. The number of thiocarbonyl (C=S) groups is 1. The van der Waals surface area contributed by atoms with E-state index in [-0.39, 0.29) is 11.0 Å². The molecule has 6 nitrogen and oxygen atoms in total. The highest BCUT2D eigenvalue weighted by atomic mass is 32.1. The first-order valence-corrected chi connectivity index (χ1v) is 9.76. The topological polar surface area (TPSA) is 65.1 Å². The smallest absolute Gasteiger partial charge is 0.221 e. The van der Waals surface area contributed by atoms with Gasteiger partial charge in [0.2, 0.25) is 11.0 Å². The molecular weight excluding hydrogens is 370 g/mol. The van der Waals surface area contributed by atoms with Crippen molar-refractivity contribution in [1.82, 2.24) is 9.47 Å². The zero-order chi connectivity index (χ0) is 20.1. The lowest BCUT2D eigenvalue weighted by atomic mass is 10.2. The molecule has 0 aliphatic rings. The largest absolute Gasteiger partial charge is 0.493 e. The third-order valence-electron chi connectivity index (χ3n) is 4.70. The lowest BCUT2D eigenvalue weighted by molar-refractivity contribution is 0.233. The van der Waals surface area contributed by atoms with Gasteiger partial charge in [-0.3, -0.25) is 9.47 Å². The third-order valence-corrected chi connectivity index (χ3v) is 4.88. The summed E-state index contributed by atoms with van der Waals surface area (Å²) in [7, 11) is 0. The number of nitrogens with one attached hydrogen (secondary N) is 1. The molecule has 2 N–H and O–H groups in total. The summed E-state index contributed by atoms with van der Waals surface area (Å²) < 4.78 is 1.85. The first-order valence-electron chi connectivity index (χ1n) is 9.35. The Morgan fingerprint density at radius 2 is 1.79 bits per heavy atom. The summed E-state index contributed by atoms with van der Waals surface area (Å²) in [4.78, 5) is 2.22. The SMILES string of the molecule is CCN(CC)Cn1c(O)c(N=NC(=S)Nc2ccc(C)cc2)c2ccccc21. The van der Waals surface area contributed by atoms with Crippen LogP contribution >= 0.6 is 12.2 Å². The van der Waals surface area contributed by atoms with Crippen LogP contribution in [0.4, 0.5) is 11.4 Å². The van der Waals surface area contributed by atoms with Crippen molar-refractivity contribution in [3.8, 4) is 5.88 Å². The van der Waals surface area contributed by atoms with Crippen LogP contribution < -0.4 is 5.32 Å². The predicted octanol–water partition coefficient (Wildman–Crippen LogP) is 5.44. The lowest BCUT2D eigenvalue weighted by Gasteiger charge is -2.19. The van der Waals surface area contributed by atoms with Crippen LogP contribution in [0.5, 0.6) is 5.88 Å². The molecular formula is C21H25N5OS. The van der Waals surface area contributed by atoms with Crippen LogP contribution in [-0.4, -0.2) is 32.8 Å². The summed E-state index contributed by atoms with van der Waals surface area (Å²) in [6, 6.07) is 15.6. The van der Waals surface area contributed by atoms with E-state index in [4.69, 9.17) is 12.2 Å². The number of fused-ring (bicyclic) bond motifs is 1. The molecule has 0 radical (unpaired) electrons. The number of rotatable bonds is 6. The number of aromatic hydroxyl groups is 1. The Kier molecular flexibility index (Phi) is 6.38. The molecule has 0 saturated heterocycles. The van der Waals surface area contributed by atoms with Crippen LogP contribution in [0.25, 0.3) is 10.9 Å². The zero-order valence-corrected chi connectivity index (χ0v) is 17.2. The first-order chi connectivity index (χ1) is 13.5. The van der Waals surface area contributed by atoms with Gasteiger partial charge in [0, 0.05) is 11.1 Å². The summed E-state index contributed by atoms with van der Waals surface area (Å²) in [5, 5.41) is 23.3. The fraction of sp³-hybridized carbons (Fsp3) is 0.286. The van der Waals surface area contributed by atoms with E-state index in [1.807, 2.05) is 60.0 Å². The summed E-state index contributed by atoms with van der Waals surface area (Å²) in [5.74, 6) is 0.0926. The van der Waals surface area contributed by atoms with Gasteiger partial charge in [-0.15, -0.1) is 10.2 Å². The zero-order valence-electron chi connectivity index (χ0n) is 16.4. The van der Waals surface area contributed by atoms with E-state index in [1.165, 1.54) is 5.56 Å². The summed E-state index contributed by atoms with van der Waals surface area (Å²) >= 11 is 5.28. The molecule has 7 heteroatoms. The average Bonchev–Trinajstić information content (AvgIpc) is 2.97. The number of aromatic nitrogens is 1. The van der Waals surface area contributed by atoms with Crippen molar-refractivity contribution in [3.63, 3.8) is 0 Å². The molecule has 2 aromatic carbocycles. The number of para-hydroxylation sites is 1. The maximum atomic E-state index is 10.8. The van der Waals surface area contributed by atoms with Gasteiger partial charge in [0.1, 0.15) is 0 Å². The quantitative estimate of drug-likeness (QED) is 0.431. The second kappa shape index (κ2) is 8.95. The molecule has 0 unspecified atom stereocenters. The Hall–Kier alpha value is -2.77. The van der Waals surface area contributed by atoms with Crippen LogP contribution in [0.15, 0.2) is 58.8 Å². The molecule has 0 amide bonds. The van der Waals surface area contributed by atoms with Crippen molar-refractivity contribution in [2.45, 2.75) is 27.4 Å². The van der Waals surface area contributed by atoms with Gasteiger partial charge in [-0.1, -0.05) is 49.7 Å². The van der Waals surface area contributed by atoms with Crippen LogP contribution in [0.1, 0.15) is 19.4 Å². The van der Waals surface area contributed by atoms with E-state index in [9.17, 15) is 5.11 Å². The highest BCUT2D eigenvalue weighted by molar-refractivity contribution is 7.80. The van der Waals surface area contributed by atoms with Crippen molar-refractivity contribution < 1.29 is 5.11 Å². The Balaban J connectivity index is 1.87. The predicted molar refractivity (Wildman–Crippen MR) is 118 cm³/mol. The van der Waals surface area contributed by atoms with E-state index in [0.717, 1.165) is 29.7 Å². The number of azo groups is 1.